The number of carbonyl (C=O) groups excluding carboxylic acids is 2. The highest BCUT2D eigenvalue weighted by Crippen LogP contribution is 2.29. The van der Waals surface area contributed by atoms with Crippen molar-refractivity contribution in [3.63, 3.8) is 0 Å². The van der Waals surface area contributed by atoms with E-state index in [1.54, 1.807) is 13.2 Å². The Morgan fingerprint density at radius 1 is 1.12 bits per heavy atom. The maximum Gasteiger partial charge on any atom is 0.343 e. The number of allylic oxidation sites excluding steroid dienone is 5. The molecule has 1 aromatic heterocycles. The average Bonchev–Trinajstić information content (AvgIpc) is 3.32. The predicted molar refractivity (Wildman–Crippen MR) is 125 cm³/mol. The molecule has 0 aromatic carbocycles. The van der Waals surface area contributed by atoms with Crippen molar-refractivity contribution < 1.29 is 23.5 Å². The van der Waals surface area contributed by atoms with Crippen LogP contribution in [0.1, 0.15) is 78.7 Å². The summed E-state index contributed by atoms with van der Waals surface area (Å²) in [6.45, 7) is 9.39. The molecule has 1 unspecified atom stereocenters. The Labute approximate surface area is 191 Å². The zero-order valence-corrected chi connectivity index (χ0v) is 20.0. The Balaban J connectivity index is 1.70. The maximum atomic E-state index is 11.8. The molecule has 0 spiro atoms. The molecule has 0 bridgehead atoms. The standard InChI is InChI=1S/C27H36O5/c1-19(9-6-10-20(2)12-8-14-24-15-16-30-18-24)11-7-13-21(3)17-25-26(31-23(5)28)22(4)27(29)32-25/h9,12,15-18,21H,6-8,10-11,13-14H2,1-5H3/b19-9-,20-12-,25-17-. The zero-order chi connectivity index (χ0) is 23.5. The van der Waals surface area contributed by atoms with Gasteiger partial charge >= 0.3 is 11.9 Å². The highest BCUT2D eigenvalue weighted by Gasteiger charge is 2.29. The number of ether oxygens (including phenoxy) is 2. The normalized spacial score (nSPS) is 17.2. The lowest BCUT2D eigenvalue weighted by Gasteiger charge is -2.10. The van der Waals surface area contributed by atoms with Crippen molar-refractivity contribution in [2.75, 3.05) is 0 Å². The van der Waals surface area contributed by atoms with Gasteiger partial charge in [-0.2, -0.15) is 0 Å². The number of rotatable bonds is 12. The molecule has 0 radical (unpaired) electrons. The van der Waals surface area contributed by atoms with Crippen LogP contribution in [0, 0.1) is 5.92 Å². The van der Waals surface area contributed by atoms with Gasteiger partial charge in [0, 0.05) is 6.92 Å². The van der Waals surface area contributed by atoms with Crippen LogP contribution in [0.25, 0.3) is 0 Å². The molecule has 0 saturated heterocycles. The first-order chi connectivity index (χ1) is 15.3. The minimum Gasteiger partial charge on any atom is -0.472 e. The lowest BCUT2D eigenvalue weighted by atomic mass is 9.99. The molecule has 5 nitrogen and oxygen atoms in total. The Morgan fingerprint density at radius 2 is 1.84 bits per heavy atom. The number of esters is 2. The van der Waals surface area contributed by atoms with Crippen LogP contribution in [-0.4, -0.2) is 11.9 Å². The summed E-state index contributed by atoms with van der Waals surface area (Å²) in [5.74, 6) is -0.0946. The Morgan fingerprint density at radius 3 is 2.53 bits per heavy atom. The zero-order valence-electron chi connectivity index (χ0n) is 20.0. The predicted octanol–water partition coefficient (Wildman–Crippen LogP) is 6.97. The summed E-state index contributed by atoms with van der Waals surface area (Å²) in [7, 11) is 0. The number of aryl methyl sites for hydroxylation is 1. The van der Waals surface area contributed by atoms with Crippen molar-refractivity contribution in [3.8, 4) is 0 Å². The van der Waals surface area contributed by atoms with Crippen molar-refractivity contribution in [3.05, 3.63) is 70.6 Å². The van der Waals surface area contributed by atoms with Gasteiger partial charge in [-0.25, -0.2) is 4.79 Å². The molecule has 0 N–H and O–H groups in total. The second kappa shape index (κ2) is 12.9. The molecular formula is C27H36O5. The number of hydrogen-bond donors (Lipinski definition) is 0. The lowest BCUT2D eigenvalue weighted by Crippen LogP contribution is -2.02. The van der Waals surface area contributed by atoms with Crippen LogP contribution in [0.3, 0.4) is 0 Å². The Kier molecular flexibility index (Phi) is 10.3. The molecule has 1 aliphatic heterocycles. The van der Waals surface area contributed by atoms with Gasteiger partial charge in [0.25, 0.3) is 0 Å². The first-order valence-electron chi connectivity index (χ1n) is 11.4. The van der Waals surface area contributed by atoms with Crippen molar-refractivity contribution in [2.45, 2.75) is 79.6 Å². The van der Waals surface area contributed by atoms with E-state index in [9.17, 15) is 9.59 Å². The van der Waals surface area contributed by atoms with E-state index >= 15 is 0 Å². The number of carbonyl (C=O) groups is 2. The van der Waals surface area contributed by atoms with Crippen LogP contribution in [0.4, 0.5) is 0 Å². The molecule has 2 heterocycles. The molecule has 174 valence electrons. The Hall–Kier alpha value is -2.82. The van der Waals surface area contributed by atoms with Gasteiger partial charge in [-0.05, 0) is 89.3 Å². The molecule has 0 aliphatic carbocycles. The van der Waals surface area contributed by atoms with E-state index in [2.05, 4.69) is 32.9 Å². The van der Waals surface area contributed by atoms with Gasteiger partial charge < -0.3 is 13.9 Å². The van der Waals surface area contributed by atoms with E-state index in [0.29, 0.717) is 11.3 Å². The second-order valence-corrected chi connectivity index (χ2v) is 8.65. The first kappa shape index (κ1) is 25.4. The van der Waals surface area contributed by atoms with E-state index < -0.39 is 11.9 Å². The third-order valence-electron chi connectivity index (χ3n) is 5.52. The van der Waals surface area contributed by atoms with Crippen molar-refractivity contribution >= 4 is 11.9 Å². The van der Waals surface area contributed by atoms with Crippen LogP contribution < -0.4 is 0 Å². The molecule has 0 saturated carbocycles. The molecule has 0 fully saturated rings. The number of hydrogen-bond acceptors (Lipinski definition) is 5. The van der Waals surface area contributed by atoms with Crippen LogP contribution in [0.5, 0.6) is 0 Å². The molecular weight excluding hydrogens is 404 g/mol. The fourth-order valence-electron chi connectivity index (χ4n) is 3.60. The molecule has 32 heavy (non-hydrogen) atoms. The first-order valence-corrected chi connectivity index (χ1v) is 11.4. The van der Waals surface area contributed by atoms with E-state index in [-0.39, 0.29) is 11.7 Å². The van der Waals surface area contributed by atoms with Crippen LogP contribution >= 0.6 is 0 Å². The van der Waals surface area contributed by atoms with E-state index in [0.717, 1.165) is 44.9 Å². The number of cyclic esters (lactones) is 1. The minimum atomic E-state index is -0.458. The molecule has 1 aromatic rings. The molecule has 0 amide bonds. The Bertz CT molecular complexity index is 896. The van der Waals surface area contributed by atoms with Crippen LogP contribution in [0.2, 0.25) is 0 Å². The second-order valence-electron chi connectivity index (χ2n) is 8.65. The van der Waals surface area contributed by atoms with Crippen molar-refractivity contribution in [1.82, 2.24) is 0 Å². The van der Waals surface area contributed by atoms with E-state index in [4.69, 9.17) is 13.9 Å². The molecule has 1 atom stereocenters. The quantitative estimate of drug-likeness (QED) is 0.259. The van der Waals surface area contributed by atoms with Gasteiger partial charge in [-0.1, -0.05) is 30.2 Å². The molecule has 2 rings (SSSR count). The van der Waals surface area contributed by atoms with Gasteiger partial charge in [-0.15, -0.1) is 0 Å². The average molecular weight is 441 g/mol. The summed E-state index contributed by atoms with van der Waals surface area (Å²) in [6, 6.07) is 2.02. The van der Waals surface area contributed by atoms with Crippen molar-refractivity contribution in [1.29, 1.82) is 0 Å². The summed E-state index contributed by atoms with van der Waals surface area (Å²) < 4.78 is 15.5. The highest BCUT2D eigenvalue weighted by atomic mass is 16.6. The van der Waals surface area contributed by atoms with Gasteiger partial charge in [0.2, 0.25) is 0 Å². The van der Waals surface area contributed by atoms with Crippen LogP contribution in [-0.2, 0) is 25.5 Å². The fraction of sp³-hybridized carbons (Fsp3) is 0.481. The third-order valence-corrected chi connectivity index (χ3v) is 5.52. The van der Waals surface area contributed by atoms with E-state index in [1.165, 1.54) is 23.6 Å². The highest BCUT2D eigenvalue weighted by molar-refractivity contribution is 5.94. The van der Waals surface area contributed by atoms with Crippen molar-refractivity contribution in [2.24, 2.45) is 5.92 Å². The fourth-order valence-corrected chi connectivity index (χ4v) is 3.60. The SMILES string of the molecule is CC(=O)OC1=C(C)C(=O)O/C1=C\C(C)CCC/C(C)=C\CC/C(C)=C\CCc1ccoc1. The third kappa shape index (κ3) is 8.74. The number of furan rings is 1. The summed E-state index contributed by atoms with van der Waals surface area (Å²) in [5, 5.41) is 0. The van der Waals surface area contributed by atoms with Gasteiger partial charge in [0.05, 0.1) is 18.1 Å². The van der Waals surface area contributed by atoms with Gasteiger partial charge in [0.1, 0.15) is 0 Å². The smallest absolute Gasteiger partial charge is 0.343 e. The summed E-state index contributed by atoms with van der Waals surface area (Å²) in [4.78, 5) is 23.1. The largest absolute Gasteiger partial charge is 0.472 e. The maximum absolute atomic E-state index is 11.8. The topological polar surface area (TPSA) is 65.7 Å². The summed E-state index contributed by atoms with van der Waals surface area (Å²) in [6.07, 6.45) is 17.3. The lowest BCUT2D eigenvalue weighted by molar-refractivity contribution is -0.137. The summed E-state index contributed by atoms with van der Waals surface area (Å²) >= 11 is 0. The minimum absolute atomic E-state index is 0.211. The van der Waals surface area contributed by atoms with Crippen LogP contribution in [0.15, 0.2) is 69.5 Å². The monoisotopic (exact) mass is 440 g/mol. The molecule has 1 aliphatic rings. The van der Waals surface area contributed by atoms with E-state index in [1.807, 2.05) is 18.4 Å². The van der Waals surface area contributed by atoms with Gasteiger partial charge in [0.15, 0.2) is 11.5 Å². The van der Waals surface area contributed by atoms with Gasteiger partial charge in [-0.3, -0.25) is 4.79 Å². The summed E-state index contributed by atoms with van der Waals surface area (Å²) in [5.41, 5.74) is 4.41. The molecule has 5 heteroatoms.